The van der Waals surface area contributed by atoms with Gasteiger partial charge in [0.25, 0.3) is 0 Å². The number of hydrogen-bond acceptors (Lipinski definition) is 5. The van der Waals surface area contributed by atoms with Gasteiger partial charge in [0.15, 0.2) is 15.7 Å². The average molecular weight is 532 g/mol. The molecular weight excluding hydrogens is 484 g/mol. The van der Waals surface area contributed by atoms with Gasteiger partial charge >= 0.3 is 12.2 Å². The zero-order valence-electron chi connectivity index (χ0n) is 24.4. The Morgan fingerprint density at radius 2 is 1.58 bits per heavy atom. The van der Waals surface area contributed by atoms with Gasteiger partial charge in [0.2, 0.25) is 0 Å². The van der Waals surface area contributed by atoms with Crippen molar-refractivity contribution in [1.29, 1.82) is 0 Å². The Bertz CT molecular complexity index is 780. The zero-order valence-corrected chi connectivity index (χ0v) is 25.3. The zero-order chi connectivity index (χ0) is 28.3. The molecule has 0 spiro atoms. The molecule has 0 saturated heterocycles. The molecule has 0 heterocycles. The fraction of sp³-hybridized carbons (Fsp3) is 0.920. The number of alkyl carbamates (subject to hydrolysis) is 2. The predicted octanol–water partition coefficient (Wildman–Crippen LogP) is 3.91. The van der Waals surface area contributed by atoms with Gasteiger partial charge in [-0.3, -0.25) is 8.78 Å². The minimum absolute atomic E-state index is 0.00952. The summed E-state index contributed by atoms with van der Waals surface area (Å²) in [7, 11) is 3.12. The minimum atomic E-state index is -1.48. The number of amides is 2. The minimum Gasteiger partial charge on any atom is -0.449 e. The molecule has 11 heteroatoms. The number of halogens is 2. The fourth-order valence-corrected chi connectivity index (χ4v) is 6.13. The van der Waals surface area contributed by atoms with E-state index in [2.05, 4.69) is 10.6 Å². The SMILES string of the molecule is BC(F)(C(C)COC(=O)NCC(C)(C)SC(C)CNC(=O)OCC1(C)C(C)C(C)C1(B)F)C(C)(C)C. The maximum Gasteiger partial charge on any atom is 0.407 e. The molecule has 1 aliphatic rings. The fourth-order valence-electron chi connectivity index (χ4n) is 4.72. The maximum atomic E-state index is 15.0. The molecular formula is C25H48B2F2N2O4S. The van der Waals surface area contributed by atoms with Gasteiger partial charge in [-0.25, -0.2) is 9.59 Å². The summed E-state index contributed by atoms with van der Waals surface area (Å²) in [4.78, 5) is 24.4. The molecule has 1 fully saturated rings. The van der Waals surface area contributed by atoms with Crippen LogP contribution in [-0.2, 0) is 9.47 Å². The highest BCUT2D eigenvalue weighted by atomic mass is 32.2. The molecule has 36 heavy (non-hydrogen) atoms. The lowest BCUT2D eigenvalue weighted by Gasteiger charge is -2.60. The second kappa shape index (κ2) is 11.7. The van der Waals surface area contributed by atoms with Gasteiger partial charge in [-0.15, -0.1) is 11.8 Å². The lowest BCUT2D eigenvalue weighted by molar-refractivity contribution is -0.165. The molecule has 0 aromatic carbocycles. The Hall–Kier alpha value is -1.12. The molecule has 208 valence electrons. The monoisotopic (exact) mass is 532 g/mol. The standard InChI is InChI=1S/C25H48B2F2N2O4S/c1-15(24(26,28)21(5,6)7)12-34-20(33)31-13-22(8,9)36-16(2)11-30-19(32)35-14-23(10)17(3)18(4)25(23,27)29/h15-18H,11-14,26-27H2,1-10H3,(H,30,32)(H,31,33). The van der Waals surface area contributed by atoms with Crippen LogP contribution in [0.1, 0.15) is 69.2 Å². The first-order valence-corrected chi connectivity index (χ1v) is 13.8. The number of carbonyl (C=O) groups is 2. The molecule has 0 bridgehead atoms. The van der Waals surface area contributed by atoms with Crippen LogP contribution in [0, 0.1) is 28.6 Å². The summed E-state index contributed by atoms with van der Waals surface area (Å²) in [5.41, 5.74) is -4.12. The van der Waals surface area contributed by atoms with Crippen molar-refractivity contribution in [1.82, 2.24) is 10.6 Å². The highest BCUT2D eigenvalue weighted by Gasteiger charge is 2.64. The topological polar surface area (TPSA) is 76.7 Å². The smallest absolute Gasteiger partial charge is 0.407 e. The highest BCUT2D eigenvalue weighted by Crippen LogP contribution is 2.59. The second-order valence-corrected chi connectivity index (χ2v) is 15.0. The predicted molar refractivity (Wildman–Crippen MR) is 150 cm³/mol. The Labute approximate surface area is 223 Å². The Balaban J connectivity index is 2.38. The van der Waals surface area contributed by atoms with Gasteiger partial charge in [0.1, 0.15) is 6.61 Å². The summed E-state index contributed by atoms with van der Waals surface area (Å²) in [6, 6.07) is 0. The maximum absolute atomic E-state index is 15.0. The van der Waals surface area contributed by atoms with E-state index >= 15 is 4.39 Å². The van der Waals surface area contributed by atoms with E-state index in [1.807, 2.05) is 62.3 Å². The summed E-state index contributed by atoms with van der Waals surface area (Å²) in [6.07, 6.45) is -1.14. The van der Waals surface area contributed by atoms with Crippen molar-refractivity contribution < 1.29 is 27.8 Å². The molecule has 7 unspecified atom stereocenters. The van der Waals surface area contributed by atoms with Gasteiger partial charge in [0, 0.05) is 34.4 Å². The Morgan fingerprint density at radius 3 is 2.08 bits per heavy atom. The van der Waals surface area contributed by atoms with Crippen LogP contribution >= 0.6 is 11.8 Å². The number of hydrogen-bond donors (Lipinski definition) is 2. The first kappa shape index (κ1) is 32.9. The number of nitrogens with one attached hydrogen (secondary N) is 2. The first-order chi connectivity index (χ1) is 16.1. The number of ether oxygens (including phenoxy) is 2. The largest absolute Gasteiger partial charge is 0.449 e. The van der Waals surface area contributed by atoms with Gasteiger partial charge in [-0.1, -0.05) is 55.4 Å². The van der Waals surface area contributed by atoms with Crippen LogP contribution in [0.15, 0.2) is 0 Å². The van der Waals surface area contributed by atoms with Gasteiger partial charge in [-0.2, -0.15) is 0 Å². The van der Waals surface area contributed by atoms with Crippen LogP contribution in [-0.4, -0.2) is 75.3 Å². The van der Waals surface area contributed by atoms with Crippen LogP contribution in [0.4, 0.5) is 18.4 Å². The summed E-state index contributed by atoms with van der Waals surface area (Å²) in [6.45, 7) is 19.6. The summed E-state index contributed by atoms with van der Waals surface area (Å²) in [5, 5.41) is 5.54. The molecule has 7 atom stereocenters. The summed E-state index contributed by atoms with van der Waals surface area (Å²) in [5.74, 6) is -0.402. The highest BCUT2D eigenvalue weighted by molar-refractivity contribution is 8.01. The van der Waals surface area contributed by atoms with Crippen molar-refractivity contribution in [3.8, 4) is 0 Å². The number of rotatable bonds is 11. The third-order valence-corrected chi connectivity index (χ3v) is 10.2. The van der Waals surface area contributed by atoms with Crippen LogP contribution < -0.4 is 10.6 Å². The normalized spacial score (nSPS) is 29.8. The molecule has 2 amide bonds. The van der Waals surface area contributed by atoms with Gasteiger partial charge in [0.05, 0.1) is 17.7 Å². The van der Waals surface area contributed by atoms with Crippen molar-refractivity contribution in [2.75, 3.05) is 26.3 Å². The molecule has 0 aromatic rings. The van der Waals surface area contributed by atoms with E-state index in [0.29, 0.717) is 13.1 Å². The van der Waals surface area contributed by atoms with E-state index in [-0.39, 0.29) is 35.0 Å². The van der Waals surface area contributed by atoms with Crippen molar-refractivity contribution in [2.24, 2.45) is 28.6 Å². The second-order valence-electron chi connectivity index (χ2n) is 12.9. The van der Waals surface area contributed by atoms with Crippen LogP contribution in [0.5, 0.6) is 0 Å². The van der Waals surface area contributed by atoms with Crippen molar-refractivity contribution >= 4 is 39.6 Å². The molecule has 1 rings (SSSR count). The Kier molecular flexibility index (Phi) is 10.7. The van der Waals surface area contributed by atoms with E-state index in [1.54, 1.807) is 26.5 Å². The molecule has 0 radical (unpaired) electrons. The van der Waals surface area contributed by atoms with E-state index in [0.717, 1.165) is 0 Å². The van der Waals surface area contributed by atoms with E-state index in [1.165, 1.54) is 7.85 Å². The summed E-state index contributed by atoms with van der Waals surface area (Å²) >= 11 is 1.60. The van der Waals surface area contributed by atoms with Crippen molar-refractivity contribution in [3.63, 3.8) is 0 Å². The van der Waals surface area contributed by atoms with Crippen LogP contribution in [0.3, 0.4) is 0 Å². The van der Waals surface area contributed by atoms with Crippen LogP contribution in [0.2, 0.25) is 0 Å². The molecule has 1 aliphatic carbocycles. The Morgan fingerprint density at radius 1 is 1.06 bits per heavy atom. The van der Waals surface area contributed by atoms with Crippen LogP contribution in [0.25, 0.3) is 0 Å². The number of thioether (sulfide) groups is 1. The molecule has 0 aromatic heterocycles. The lowest BCUT2D eigenvalue weighted by Crippen LogP contribution is -2.67. The van der Waals surface area contributed by atoms with E-state index in [4.69, 9.17) is 9.47 Å². The van der Waals surface area contributed by atoms with E-state index in [9.17, 15) is 14.0 Å². The molecule has 0 aliphatic heterocycles. The number of alkyl halides is 2. The van der Waals surface area contributed by atoms with E-state index < -0.39 is 40.1 Å². The van der Waals surface area contributed by atoms with Crippen molar-refractivity contribution in [3.05, 3.63) is 0 Å². The average Bonchev–Trinajstić information content (AvgIpc) is 2.75. The quantitative estimate of drug-likeness (QED) is 0.395. The van der Waals surface area contributed by atoms with Gasteiger partial charge < -0.3 is 20.1 Å². The molecule has 1 saturated carbocycles. The third kappa shape index (κ3) is 7.70. The van der Waals surface area contributed by atoms with Crippen molar-refractivity contribution in [2.45, 2.75) is 90.4 Å². The third-order valence-electron chi connectivity index (χ3n) is 8.80. The van der Waals surface area contributed by atoms with Gasteiger partial charge in [-0.05, 0) is 31.1 Å². The number of carbonyl (C=O) groups excluding carboxylic acids is 2. The molecule has 2 N–H and O–H groups in total. The molecule has 6 nitrogen and oxygen atoms in total. The first-order valence-electron chi connectivity index (χ1n) is 13.0. The lowest BCUT2D eigenvalue weighted by atomic mass is 9.40. The summed E-state index contributed by atoms with van der Waals surface area (Å²) < 4.78 is 40.2.